The zero-order valence-electron chi connectivity index (χ0n) is 19.0. The molecular formula is C26H23N5O2S. The van der Waals surface area contributed by atoms with Crippen molar-refractivity contribution in [1.29, 1.82) is 0 Å². The van der Waals surface area contributed by atoms with Crippen LogP contribution in [0.15, 0.2) is 88.8 Å². The van der Waals surface area contributed by atoms with Crippen LogP contribution in [0.4, 0.5) is 5.69 Å². The van der Waals surface area contributed by atoms with E-state index in [1.165, 1.54) is 11.8 Å². The molecule has 5 aromatic rings. The average Bonchev–Trinajstić information content (AvgIpc) is 3.28. The summed E-state index contributed by atoms with van der Waals surface area (Å²) in [5.74, 6) is 0.362. The molecule has 0 saturated heterocycles. The van der Waals surface area contributed by atoms with Gasteiger partial charge in [-0.25, -0.2) is 4.57 Å². The van der Waals surface area contributed by atoms with E-state index < -0.39 is 5.25 Å². The maximum absolute atomic E-state index is 13.5. The number of anilines is 1. The molecule has 5 rings (SSSR count). The molecule has 0 aliphatic heterocycles. The van der Waals surface area contributed by atoms with Crippen LogP contribution in [-0.2, 0) is 4.79 Å². The summed E-state index contributed by atoms with van der Waals surface area (Å²) in [6.07, 6.45) is 0. The lowest BCUT2D eigenvalue weighted by atomic mass is 10.2. The highest BCUT2D eigenvalue weighted by atomic mass is 32.2. The SMILES string of the molecule is Cc1ccccc1-n1c(=O)c2ccccc2n2c(SC(C)C(=O)N(C)c3ccccc3)nnc12. The Morgan fingerprint density at radius 3 is 2.38 bits per heavy atom. The average molecular weight is 470 g/mol. The number of hydrogen-bond donors (Lipinski definition) is 0. The second-order valence-corrected chi connectivity index (χ2v) is 9.36. The summed E-state index contributed by atoms with van der Waals surface area (Å²) >= 11 is 1.32. The van der Waals surface area contributed by atoms with E-state index in [1.54, 1.807) is 22.6 Å². The van der Waals surface area contributed by atoms with Gasteiger partial charge in [-0.3, -0.25) is 14.0 Å². The van der Waals surface area contributed by atoms with Crippen LogP contribution in [0.3, 0.4) is 0 Å². The predicted molar refractivity (Wildman–Crippen MR) is 136 cm³/mol. The van der Waals surface area contributed by atoms with Gasteiger partial charge in [0.2, 0.25) is 11.7 Å². The minimum Gasteiger partial charge on any atom is -0.315 e. The molecule has 0 aliphatic rings. The molecule has 170 valence electrons. The van der Waals surface area contributed by atoms with Crippen LogP contribution in [0, 0.1) is 6.92 Å². The van der Waals surface area contributed by atoms with Gasteiger partial charge in [-0.15, -0.1) is 10.2 Å². The number of nitrogens with zero attached hydrogens (tertiary/aromatic N) is 5. The van der Waals surface area contributed by atoms with Crippen molar-refractivity contribution < 1.29 is 4.79 Å². The van der Waals surface area contributed by atoms with E-state index in [-0.39, 0.29) is 11.5 Å². The smallest absolute Gasteiger partial charge is 0.267 e. The van der Waals surface area contributed by atoms with E-state index in [0.29, 0.717) is 21.8 Å². The van der Waals surface area contributed by atoms with Gasteiger partial charge in [-0.1, -0.05) is 60.3 Å². The van der Waals surface area contributed by atoms with Gasteiger partial charge in [-0.2, -0.15) is 0 Å². The van der Waals surface area contributed by atoms with E-state index >= 15 is 0 Å². The molecule has 2 aromatic heterocycles. The second kappa shape index (κ2) is 8.79. The Labute approximate surface area is 200 Å². The highest BCUT2D eigenvalue weighted by Gasteiger charge is 2.24. The molecular weight excluding hydrogens is 446 g/mol. The van der Waals surface area contributed by atoms with Crippen molar-refractivity contribution in [2.75, 3.05) is 11.9 Å². The van der Waals surface area contributed by atoms with Gasteiger partial charge in [0.25, 0.3) is 5.56 Å². The quantitative estimate of drug-likeness (QED) is 0.355. The Balaban J connectivity index is 1.63. The number of para-hydroxylation sites is 3. The van der Waals surface area contributed by atoms with Gasteiger partial charge in [0.15, 0.2) is 5.16 Å². The number of amides is 1. The lowest BCUT2D eigenvalue weighted by Crippen LogP contribution is -2.33. The Morgan fingerprint density at radius 2 is 1.62 bits per heavy atom. The topological polar surface area (TPSA) is 72.5 Å². The lowest BCUT2D eigenvalue weighted by Gasteiger charge is -2.21. The van der Waals surface area contributed by atoms with Crippen LogP contribution in [0.5, 0.6) is 0 Å². The summed E-state index contributed by atoms with van der Waals surface area (Å²) in [6.45, 7) is 3.81. The summed E-state index contributed by atoms with van der Waals surface area (Å²) in [6, 6.07) is 24.6. The number of hydrogen-bond acceptors (Lipinski definition) is 5. The molecule has 1 unspecified atom stereocenters. The third-order valence-corrected chi connectivity index (χ3v) is 6.89. The minimum atomic E-state index is -0.421. The molecule has 0 bridgehead atoms. The molecule has 1 amide bonds. The molecule has 0 radical (unpaired) electrons. The van der Waals surface area contributed by atoms with Crippen molar-refractivity contribution in [3.8, 4) is 5.69 Å². The first kappa shape index (κ1) is 21.9. The van der Waals surface area contributed by atoms with Crippen LogP contribution in [0.2, 0.25) is 0 Å². The summed E-state index contributed by atoms with van der Waals surface area (Å²) in [5, 5.41) is 9.48. The molecule has 0 aliphatic carbocycles. The Kier molecular flexibility index (Phi) is 5.67. The molecule has 0 spiro atoms. The van der Waals surface area contributed by atoms with Crippen molar-refractivity contribution in [3.63, 3.8) is 0 Å². The maximum Gasteiger partial charge on any atom is 0.267 e. The van der Waals surface area contributed by atoms with Gasteiger partial charge >= 0.3 is 0 Å². The van der Waals surface area contributed by atoms with Crippen LogP contribution in [-0.4, -0.2) is 37.4 Å². The van der Waals surface area contributed by atoms with Crippen molar-refractivity contribution in [1.82, 2.24) is 19.2 Å². The van der Waals surface area contributed by atoms with Gasteiger partial charge in [0.1, 0.15) is 0 Å². The molecule has 2 heterocycles. The Bertz CT molecular complexity index is 1580. The molecule has 0 fully saturated rings. The van der Waals surface area contributed by atoms with Crippen molar-refractivity contribution in [2.45, 2.75) is 24.3 Å². The Morgan fingerprint density at radius 1 is 0.941 bits per heavy atom. The fraction of sp³-hybridized carbons (Fsp3) is 0.154. The zero-order valence-corrected chi connectivity index (χ0v) is 19.9. The Hall–Kier alpha value is -3.91. The molecule has 7 nitrogen and oxygen atoms in total. The van der Waals surface area contributed by atoms with Gasteiger partial charge in [0, 0.05) is 12.7 Å². The van der Waals surface area contributed by atoms with Crippen LogP contribution in [0.1, 0.15) is 12.5 Å². The van der Waals surface area contributed by atoms with Crippen LogP contribution in [0.25, 0.3) is 22.4 Å². The number of aromatic nitrogens is 4. The monoisotopic (exact) mass is 469 g/mol. The number of benzene rings is 3. The first-order valence-corrected chi connectivity index (χ1v) is 11.8. The van der Waals surface area contributed by atoms with E-state index in [0.717, 1.165) is 16.9 Å². The van der Waals surface area contributed by atoms with Crippen molar-refractivity contribution in [2.24, 2.45) is 0 Å². The highest BCUT2D eigenvalue weighted by molar-refractivity contribution is 8.00. The van der Waals surface area contributed by atoms with E-state index in [2.05, 4.69) is 10.2 Å². The standard InChI is InChI=1S/C26H23N5O2S/c1-17-11-7-9-15-21(17)30-24(33)20-14-8-10-16-22(20)31-25(30)27-28-26(31)34-18(2)23(32)29(3)19-12-5-4-6-13-19/h4-16,18H,1-3H3. The molecule has 0 saturated carbocycles. The normalized spacial score (nSPS) is 12.2. The van der Waals surface area contributed by atoms with Crippen molar-refractivity contribution in [3.05, 3.63) is 94.8 Å². The van der Waals surface area contributed by atoms with Gasteiger partial charge in [0.05, 0.1) is 21.8 Å². The van der Waals surface area contributed by atoms with E-state index in [4.69, 9.17) is 0 Å². The van der Waals surface area contributed by atoms with Gasteiger partial charge < -0.3 is 4.90 Å². The van der Waals surface area contributed by atoms with Gasteiger partial charge in [-0.05, 0) is 49.7 Å². The van der Waals surface area contributed by atoms with Crippen LogP contribution < -0.4 is 10.5 Å². The zero-order chi connectivity index (χ0) is 23.8. The summed E-state index contributed by atoms with van der Waals surface area (Å²) in [5.41, 5.74) is 3.07. The number of carbonyl (C=O) groups excluding carboxylic acids is 1. The number of thioether (sulfide) groups is 1. The summed E-state index contributed by atoms with van der Waals surface area (Å²) in [7, 11) is 1.77. The number of fused-ring (bicyclic) bond motifs is 3. The molecule has 34 heavy (non-hydrogen) atoms. The third kappa shape index (κ3) is 3.66. The summed E-state index contributed by atoms with van der Waals surface area (Å²) in [4.78, 5) is 28.3. The maximum atomic E-state index is 13.5. The molecule has 8 heteroatoms. The number of rotatable bonds is 5. The summed E-state index contributed by atoms with van der Waals surface area (Å²) < 4.78 is 3.46. The first-order chi connectivity index (χ1) is 16.5. The molecule has 0 N–H and O–H groups in total. The third-order valence-electron chi connectivity index (χ3n) is 5.86. The predicted octanol–water partition coefficient (Wildman–Crippen LogP) is 4.49. The highest BCUT2D eigenvalue weighted by Crippen LogP contribution is 2.28. The van der Waals surface area contributed by atoms with Crippen molar-refractivity contribution >= 4 is 40.0 Å². The number of carbonyl (C=O) groups is 1. The molecule has 1 atom stereocenters. The van der Waals surface area contributed by atoms with E-state index in [9.17, 15) is 9.59 Å². The second-order valence-electron chi connectivity index (χ2n) is 8.06. The number of aryl methyl sites for hydroxylation is 1. The minimum absolute atomic E-state index is 0.0514. The lowest BCUT2D eigenvalue weighted by molar-refractivity contribution is -0.117. The largest absolute Gasteiger partial charge is 0.315 e. The van der Waals surface area contributed by atoms with Crippen LogP contribution >= 0.6 is 11.8 Å². The first-order valence-electron chi connectivity index (χ1n) is 10.9. The fourth-order valence-electron chi connectivity index (χ4n) is 4.05. The van der Waals surface area contributed by atoms with E-state index in [1.807, 2.05) is 91.0 Å². The fourth-order valence-corrected chi connectivity index (χ4v) is 5.00. The molecule has 3 aromatic carbocycles.